The van der Waals surface area contributed by atoms with Gasteiger partial charge in [-0.15, -0.1) is 22.7 Å². The largest absolute Gasteiger partial charge is 0.494 e. The Labute approximate surface area is 673 Å². The normalized spacial score (nSPS) is 19.9. The number of aliphatic hydroxyl groups is 2. The zero-order chi connectivity index (χ0) is 83.0. The maximum Gasteiger partial charge on any atom is 0.494 e. The highest BCUT2D eigenvalue weighted by molar-refractivity contribution is 7.13. The van der Waals surface area contributed by atoms with Crippen LogP contribution >= 0.6 is 22.7 Å². The monoisotopic (exact) mass is 1600 g/mol. The molecule has 8 N–H and O–H groups in total. The molecule has 0 spiro atoms. The Morgan fingerprint density at radius 2 is 0.876 bits per heavy atom. The Hall–Kier alpha value is -7.75. The van der Waals surface area contributed by atoms with E-state index in [1.54, 1.807) is 22.7 Å². The zero-order valence-electron chi connectivity index (χ0n) is 68.6. The summed E-state index contributed by atoms with van der Waals surface area (Å²) in [5.41, 5.74) is 14.9. The van der Waals surface area contributed by atoms with Gasteiger partial charge in [0, 0.05) is 25.9 Å². The van der Waals surface area contributed by atoms with E-state index in [4.69, 9.17) is 57.9 Å². The number of β-amino-alcohol motifs (C(OH)–C–C–N with tert-alkyl or cyclic N) is 2. The predicted molar refractivity (Wildman–Crippen MR) is 435 cm³/mol. The lowest BCUT2D eigenvalue weighted by Crippen LogP contribution is -2.58. The number of nitrogens with one attached hydrogen (secondary N) is 3. The number of rotatable bonds is 31. The number of aryl methyl sites for hydroxylation is 2. The van der Waals surface area contributed by atoms with Crippen molar-refractivity contribution in [2.45, 2.75) is 208 Å². The maximum atomic E-state index is 14.0. The number of carbonyl (C=O) groups is 6. The van der Waals surface area contributed by atoms with Gasteiger partial charge in [-0.3, -0.25) is 24.0 Å². The number of hydrogen-bond donors (Lipinski definition) is 7. The highest BCUT2D eigenvalue weighted by Gasteiger charge is 2.53. The Kier molecular flexibility index (Phi) is 31.9. The molecule has 4 aliphatic heterocycles. The molecule has 0 aliphatic carbocycles. The number of carbonyl (C=O) groups excluding carboxylic acids is 5. The third kappa shape index (κ3) is 25.1. The van der Waals surface area contributed by atoms with Gasteiger partial charge in [-0.1, -0.05) is 114 Å². The third-order valence-electron chi connectivity index (χ3n) is 20.9. The molecule has 4 aromatic carbocycles. The Bertz CT molecular complexity index is 4060. The molecule has 27 nitrogen and oxygen atoms in total. The van der Waals surface area contributed by atoms with Crippen LogP contribution in [0.2, 0.25) is 0 Å². The Balaban J connectivity index is 0.000000235. The smallest absolute Gasteiger partial charge is 0.491 e. The summed E-state index contributed by atoms with van der Waals surface area (Å²) in [5, 5.41) is 37.9. The highest BCUT2D eigenvalue weighted by Crippen LogP contribution is 2.39. The first-order valence-electron chi connectivity index (χ1n) is 38.4. The number of nitrogens with two attached hydrogens (primary N) is 1. The van der Waals surface area contributed by atoms with Crippen molar-refractivity contribution in [3.63, 3.8) is 0 Å². The molecular weight excluding hydrogens is 1490 g/mol. The number of thiazole rings is 2. The average molecular weight is 1600 g/mol. The number of aliphatic carboxylic acids is 1. The first-order chi connectivity index (χ1) is 53.1. The van der Waals surface area contributed by atoms with E-state index < -0.39 is 83.3 Å². The van der Waals surface area contributed by atoms with Crippen LogP contribution in [-0.2, 0) is 66.3 Å². The number of ether oxygens (including phenoxy) is 6. The van der Waals surface area contributed by atoms with E-state index in [0.29, 0.717) is 38.8 Å². The molecule has 0 bridgehead atoms. The minimum Gasteiger partial charge on any atom is -0.491 e. The number of aliphatic hydroxyl groups excluding tert-OH is 2. The lowest BCUT2D eigenvalue weighted by Gasteiger charge is -2.35. The fraction of sp³-hybridized carbons (Fsp3) is 0.561. The summed E-state index contributed by atoms with van der Waals surface area (Å²) in [4.78, 5) is 90.3. The van der Waals surface area contributed by atoms with Crippen LogP contribution in [0.4, 0.5) is 0 Å². The van der Waals surface area contributed by atoms with Crippen molar-refractivity contribution >= 4 is 83.3 Å². The maximum absolute atomic E-state index is 14.0. The topological polar surface area (TPSA) is 350 Å². The first kappa shape index (κ1) is 90.8. The molecular formula is C82H116B2N8O19S2. The third-order valence-corrected chi connectivity index (χ3v) is 22.9. The second-order valence-electron chi connectivity index (χ2n) is 33.0. The summed E-state index contributed by atoms with van der Waals surface area (Å²) < 4.78 is 57.0. The van der Waals surface area contributed by atoms with E-state index >= 15 is 0 Å². The van der Waals surface area contributed by atoms with E-state index in [1.807, 2.05) is 233 Å². The van der Waals surface area contributed by atoms with Gasteiger partial charge in [-0.05, 0) is 151 Å². The minimum absolute atomic E-state index is 0.0130. The predicted octanol–water partition coefficient (Wildman–Crippen LogP) is 8.31. The fourth-order valence-electron chi connectivity index (χ4n) is 12.6. The molecule has 10 rings (SSSR count). The zero-order valence-corrected chi connectivity index (χ0v) is 70.3. The molecule has 31 heteroatoms. The average Bonchev–Trinajstić information content (AvgIpc) is 1.63. The molecule has 616 valence electrons. The molecule has 0 unspecified atom stereocenters. The first-order valence-corrected chi connectivity index (χ1v) is 40.2. The van der Waals surface area contributed by atoms with Crippen molar-refractivity contribution in [3.05, 3.63) is 131 Å². The highest BCUT2D eigenvalue weighted by atomic mass is 32.1. The van der Waals surface area contributed by atoms with E-state index in [9.17, 15) is 39.0 Å². The van der Waals surface area contributed by atoms with Crippen LogP contribution in [0.1, 0.15) is 158 Å². The van der Waals surface area contributed by atoms with E-state index in [1.165, 1.54) is 9.80 Å². The van der Waals surface area contributed by atoms with Crippen molar-refractivity contribution in [3.8, 4) is 32.4 Å². The Morgan fingerprint density at radius 3 is 1.22 bits per heavy atom. The van der Waals surface area contributed by atoms with Gasteiger partial charge in [-0.25, -0.2) is 14.8 Å². The van der Waals surface area contributed by atoms with Crippen LogP contribution in [0, 0.1) is 24.7 Å². The summed E-state index contributed by atoms with van der Waals surface area (Å²) in [6, 6.07) is 27.2. The van der Waals surface area contributed by atoms with E-state index in [0.717, 1.165) is 60.1 Å². The summed E-state index contributed by atoms with van der Waals surface area (Å²) in [6.07, 6.45) is -1.29. The minimum atomic E-state index is -0.989. The molecule has 4 fully saturated rings. The molecule has 8 atom stereocenters. The number of hydrogen-bond acceptors (Lipinski definition) is 23. The van der Waals surface area contributed by atoms with Crippen molar-refractivity contribution in [2.24, 2.45) is 16.6 Å². The summed E-state index contributed by atoms with van der Waals surface area (Å²) in [5.74, 6) is -1.43. The number of nitrogens with zero attached hydrogens (tertiary/aromatic N) is 4. The molecule has 6 aromatic rings. The van der Waals surface area contributed by atoms with Gasteiger partial charge in [0.1, 0.15) is 56.1 Å². The molecule has 0 saturated carbocycles. The molecule has 4 aliphatic rings. The second-order valence-corrected chi connectivity index (χ2v) is 34.7. The van der Waals surface area contributed by atoms with Gasteiger partial charge >= 0.3 is 20.2 Å². The van der Waals surface area contributed by atoms with Gasteiger partial charge in [-0.2, -0.15) is 0 Å². The second kappa shape index (κ2) is 39.7. The van der Waals surface area contributed by atoms with Crippen LogP contribution in [0.3, 0.4) is 0 Å². The van der Waals surface area contributed by atoms with Crippen LogP contribution in [0.25, 0.3) is 20.9 Å². The summed E-state index contributed by atoms with van der Waals surface area (Å²) >= 11 is 3.17. The van der Waals surface area contributed by atoms with Crippen LogP contribution in [0.5, 0.6) is 11.5 Å². The molecule has 2 aromatic heterocycles. The lowest BCUT2D eigenvalue weighted by atomic mass is 9.79. The number of carboxylic acid groups (broad SMARTS) is 1. The fourth-order valence-corrected chi connectivity index (χ4v) is 14.2. The molecule has 0 radical (unpaired) electrons. The molecule has 5 amide bonds. The summed E-state index contributed by atoms with van der Waals surface area (Å²) in [6.45, 7) is 37.0. The van der Waals surface area contributed by atoms with Crippen molar-refractivity contribution in [1.29, 1.82) is 0 Å². The Morgan fingerprint density at radius 1 is 0.522 bits per heavy atom. The lowest BCUT2D eigenvalue weighted by molar-refractivity contribution is -0.144. The van der Waals surface area contributed by atoms with Crippen LogP contribution < -0.4 is 42.1 Å². The number of likely N-dealkylation sites (tertiary alicyclic amines) is 2. The van der Waals surface area contributed by atoms with Gasteiger partial charge in [0.15, 0.2) is 0 Å². The van der Waals surface area contributed by atoms with Gasteiger partial charge in [0.2, 0.25) is 29.5 Å². The number of carboxylic acids is 1. The van der Waals surface area contributed by atoms with Crippen molar-refractivity contribution in [1.82, 2.24) is 35.7 Å². The van der Waals surface area contributed by atoms with Gasteiger partial charge in [0.05, 0.1) is 125 Å². The molecule has 113 heavy (non-hydrogen) atoms. The van der Waals surface area contributed by atoms with Gasteiger partial charge in [0.25, 0.3) is 0 Å². The quantitative estimate of drug-likeness (QED) is 0.0159. The van der Waals surface area contributed by atoms with E-state index in [2.05, 4.69) is 25.9 Å². The van der Waals surface area contributed by atoms with E-state index in [-0.39, 0.29) is 107 Å². The molecule has 4 saturated heterocycles. The van der Waals surface area contributed by atoms with Crippen LogP contribution in [0.15, 0.2) is 108 Å². The van der Waals surface area contributed by atoms with Crippen LogP contribution in [-0.4, -0.2) is 223 Å². The van der Waals surface area contributed by atoms with Crippen molar-refractivity contribution < 1.29 is 91.1 Å². The SMILES string of the molecule is CC1(C)OB(c2ccc(OCCOCCOCC(=O)O)cc2)OC1(C)C.Cc1ncsc1-c1ccc([C@H](C)NC(=O)[C@H]2C[C@H](O)CN2C(=O)[C@@H](N)C(C)(C)C)cc1.Cc1ncsc1-c1ccc([C@H](C)NC(=O)[C@H]2C[C@H](O)CN2C(=O)[C@@H](NC(=O)COCCOCCOc2ccc(B3OC(C)(C)C(C)(C)O3)cc2)C(C)(C)C)cc1. The molecule has 6 heterocycles. The van der Waals surface area contributed by atoms with Gasteiger partial charge < -0.3 is 93.8 Å². The number of amides is 5. The number of benzene rings is 4. The van der Waals surface area contributed by atoms with Crippen molar-refractivity contribution in [2.75, 3.05) is 79.2 Å². The summed E-state index contributed by atoms with van der Waals surface area (Å²) in [7, 11) is -0.823. The number of aromatic nitrogens is 2. The standard InChI is InChI=1S/C41H57BN4O9S.C23H32N4O3S.C18H27BO7/c1-26(28-10-12-29(13-11-28)35-27(2)43-25-56-35)44-37(49)33-22-31(47)23-46(33)38(50)36(39(3,4)5)45-34(48)24-52-19-18-51-20-21-53-32-16-14-30(15-17-32)42-54-40(6,7)41(8,9)55-42;1-13(15-6-8-16(9-7-15)19-14(2)25-12-31-19)26-21(29)18-10-17(28)11-27(18)22(30)20(24)23(3,4)5;1-17(2)18(3,4)26-19(25-17)14-5-7-15(8-6-14)24-12-11-22-9-10-23-13-16(20)21/h10-17,25-26,31,33,36,47H,18-24H2,1-9H3,(H,44,49)(H,45,48);6-9,12-13,17-18,20,28H,10-11,24H2,1-5H3,(H,26,29);5-8H,9-13H2,1-4H3,(H,20,21)/t26-,31-,33+,36+;13-,17-,18+,20+;/m00./s1.